The smallest absolute Gasteiger partial charge is 0.0496 e. The Morgan fingerprint density at radius 3 is 2.83 bits per heavy atom. The second-order valence-electron chi connectivity index (χ2n) is 4.74. The Morgan fingerprint density at radius 2 is 2.06 bits per heavy atom. The Labute approximate surface area is 117 Å². The van der Waals surface area contributed by atoms with E-state index in [4.69, 9.17) is 11.6 Å². The van der Waals surface area contributed by atoms with Crippen LogP contribution in [0, 0.1) is 6.92 Å². The minimum atomic E-state index is 0.874. The lowest BCUT2D eigenvalue weighted by Gasteiger charge is -2.13. The summed E-state index contributed by atoms with van der Waals surface area (Å²) in [6.45, 7) is 3.21. The van der Waals surface area contributed by atoms with Gasteiger partial charge in [0.05, 0.1) is 0 Å². The molecule has 0 fully saturated rings. The molecule has 2 aromatic rings. The van der Waals surface area contributed by atoms with Crippen molar-refractivity contribution < 1.29 is 0 Å². The van der Waals surface area contributed by atoms with Crippen molar-refractivity contribution in [3.8, 4) is 10.4 Å². The van der Waals surface area contributed by atoms with Crippen LogP contribution in [0.3, 0.4) is 0 Å². The van der Waals surface area contributed by atoms with Crippen molar-refractivity contribution >= 4 is 28.6 Å². The van der Waals surface area contributed by atoms with Crippen molar-refractivity contribution in [1.29, 1.82) is 0 Å². The number of fused-ring (bicyclic) bond motifs is 1. The zero-order valence-electron chi connectivity index (χ0n) is 10.4. The highest BCUT2D eigenvalue weighted by Crippen LogP contribution is 2.40. The third kappa shape index (κ3) is 2.15. The maximum absolute atomic E-state index is 6.44. The molecule has 3 heteroatoms. The zero-order valence-corrected chi connectivity index (χ0v) is 12.0. The highest BCUT2D eigenvalue weighted by Gasteiger charge is 2.17. The fourth-order valence-electron chi connectivity index (χ4n) is 2.53. The molecule has 1 aromatic heterocycles. The molecule has 3 rings (SSSR count). The Hall–Kier alpha value is -0.990. The van der Waals surface area contributed by atoms with Gasteiger partial charge in [-0.1, -0.05) is 11.6 Å². The van der Waals surface area contributed by atoms with E-state index >= 15 is 0 Å². The predicted molar refractivity (Wildman–Crippen MR) is 80.9 cm³/mol. The van der Waals surface area contributed by atoms with Gasteiger partial charge in [0.2, 0.25) is 0 Å². The van der Waals surface area contributed by atoms with Crippen LogP contribution in [0.4, 0.5) is 5.69 Å². The second-order valence-corrected chi connectivity index (χ2v) is 6.44. The lowest BCUT2D eigenvalue weighted by atomic mass is 10.00. The van der Waals surface area contributed by atoms with E-state index in [9.17, 15) is 0 Å². The van der Waals surface area contributed by atoms with Crippen molar-refractivity contribution in [2.45, 2.75) is 26.2 Å². The summed E-state index contributed by atoms with van der Waals surface area (Å²) in [4.78, 5) is 2.62. The first-order chi connectivity index (χ1) is 8.75. The largest absolute Gasteiger partial charge is 0.385 e. The molecule has 0 atom stereocenters. The molecule has 0 radical (unpaired) electrons. The predicted octanol–water partition coefficient (Wildman–Crippen LogP) is 5.13. The molecule has 2 heterocycles. The molecule has 1 N–H and O–H groups in total. The quantitative estimate of drug-likeness (QED) is 0.762. The van der Waals surface area contributed by atoms with Crippen molar-refractivity contribution in [3.63, 3.8) is 0 Å². The summed E-state index contributed by atoms with van der Waals surface area (Å²) in [5, 5.41) is 4.39. The fourth-order valence-corrected chi connectivity index (χ4v) is 3.82. The van der Waals surface area contributed by atoms with Crippen LogP contribution >= 0.6 is 22.9 Å². The van der Waals surface area contributed by atoms with Crippen LogP contribution in [0.2, 0.25) is 5.02 Å². The summed E-state index contributed by atoms with van der Waals surface area (Å²) >= 11 is 8.26. The maximum Gasteiger partial charge on any atom is 0.0496 e. The molecule has 0 amide bonds. The fraction of sp³-hybridized carbons (Fsp3) is 0.333. The van der Waals surface area contributed by atoms with Crippen molar-refractivity contribution in [2.24, 2.45) is 0 Å². The SMILES string of the molecule is Cc1ccc(-c2c(Cl)ccc3c2CCCCN3)s1. The van der Waals surface area contributed by atoms with Crippen molar-refractivity contribution in [1.82, 2.24) is 0 Å². The normalized spacial score (nSPS) is 14.8. The number of rotatable bonds is 1. The number of anilines is 1. The van der Waals surface area contributed by atoms with Gasteiger partial charge in [0.1, 0.15) is 0 Å². The summed E-state index contributed by atoms with van der Waals surface area (Å²) in [5.74, 6) is 0. The van der Waals surface area contributed by atoms with Gasteiger partial charge in [-0.3, -0.25) is 0 Å². The van der Waals surface area contributed by atoms with E-state index in [0.717, 1.165) is 18.0 Å². The van der Waals surface area contributed by atoms with Gasteiger partial charge in [0, 0.05) is 32.6 Å². The number of nitrogens with one attached hydrogen (secondary N) is 1. The third-order valence-electron chi connectivity index (χ3n) is 3.42. The highest BCUT2D eigenvalue weighted by molar-refractivity contribution is 7.15. The van der Waals surface area contributed by atoms with Gasteiger partial charge >= 0.3 is 0 Å². The molecule has 18 heavy (non-hydrogen) atoms. The van der Waals surface area contributed by atoms with Gasteiger partial charge in [-0.05, 0) is 56.0 Å². The van der Waals surface area contributed by atoms with Crippen LogP contribution in [0.15, 0.2) is 24.3 Å². The molecule has 0 saturated carbocycles. The van der Waals surface area contributed by atoms with E-state index < -0.39 is 0 Å². The van der Waals surface area contributed by atoms with Crippen LogP contribution in [0.5, 0.6) is 0 Å². The summed E-state index contributed by atoms with van der Waals surface area (Å²) in [5.41, 5.74) is 3.89. The van der Waals surface area contributed by atoms with Crippen LogP contribution < -0.4 is 5.32 Å². The first-order valence-corrected chi connectivity index (χ1v) is 7.57. The molecule has 94 valence electrons. The van der Waals surface area contributed by atoms with Gasteiger partial charge < -0.3 is 5.32 Å². The van der Waals surface area contributed by atoms with Gasteiger partial charge in [-0.2, -0.15) is 0 Å². The van der Waals surface area contributed by atoms with E-state index in [1.807, 2.05) is 17.4 Å². The first-order valence-electron chi connectivity index (χ1n) is 6.38. The van der Waals surface area contributed by atoms with Gasteiger partial charge in [0.25, 0.3) is 0 Å². The molecule has 1 nitrogen and oxygen atoms in total. The minimum Gasteiger partial charge on any atom is -0.385 e. The lowest BCUT2D eigenvalue weighted by Crippen LogP contribution is -2.00. The van der Waals surface area contributed by atoms with Crippen molar-refractivity contribution in [2.75, 3.05) is 11.9 Å². The zero-order chi connectivity index (χ0) is 12.5. The Morgan fingerprint density at radius 1 is 1.17 bits per heavy atom. The number of benzene rings is 1. The molecule has 0 bridgehead atoms. The number of aryl methyl sites for hydroxylation is 1. The van der Waals surface area contributed by atoms with Crippen LogP contribution in [-0.4, -0.2) is 6.54 Å². The molecule has 0 aliphatic carbocycles. The molecule has 1 aliphatic rings. The molecular weight excluding hydrogens is 262 g/mol. The van der Waals surface area contributed by atoms with E-state index in [-0.39, 0.29) is 0 Å². The Kier molecular flexibility index (Phi) is 3.31. The molecule has 1 aliphatic heterocycles. The monoisotopic (exact) mass is 277 g/mol. The van der Waals surface area contributed by atoms with E-state index in [2.05, 4.69) is 30.4 Å². The Bertz CT molecular complexity index is 574. The highest BCUT2D eigenvalue weighted by atomic mass is 35.5. The summed E-state index contributed by atoms with van der Waals surface area (Å²) in [7, 11) is 0. The van der Waals surface area contributed by atoms with Crippen LogP contribution in [-0.2, 0) is 6.42 Å². The van der Waals surface area contributed by atoms with Gasteiger partial charge in [-0.15, -0.1) is 11.3 Å². The Balaban J connectivity index is 2.18. The molecular formula is C15H16ClNS. The summed E-state index contributed by atoms with van der Waals surface area (Å²) in [6, 6.07) is 8.49. The van der Waals surface area contributed by atoms with E-state index in [1.54, 1.807) is 0 Å². The van der Waals surface area contributed by atoms with Gasteiger partial charge in [0.15, 0.2) is 0 Å². The van der Waals surface area contributed by atoms with E-state index in [1.165, 1.54) is 39.4 Å². The number of thiophene rings is 1. The van der Waals surface area contributed by atoms with Crippen LogP contribution in [0.1, 0.15) is 23.3 Å². The maximum atomic E-state index is 6.44. The third-order valence-corrected chi connectivity index (χ3v) is 4.75. The average molecular weight is 278 g/mol. The average Bonchev–Trinajstić information content (AvgIpc) is 2.63. The standard InChI is InChI=1S/C15H16ClNS/c1-10-5-8-14(18-10)15-11-4-2-3-9-17-13(11)7-6-12(15)16/h5-8,17H,2-4,9H2,1H3. The molecule has 0 unspecified atom stereocenters. The minimum absolute atomic E-state index is 0.874. The van der Waals surface area contributed by atoms with Crippen LogP contribution in [0.25, 0.3) is 10.4 Å². The summed E-state index contributed by atoms with van der Waals surface area (Å²) in [6.07, 6.45) is 3.59. The lowest BCUT2D eigenvalue weighted by molar-refractivity contribution is 0.786. The second kappa shape index (κ2) is 4.94. The first kappa shape index (κ1) is 12.1. The number of hydrogen-bond acceptors (Lipinski definition) is 2. The molecule has 1 aromatic carbocycles. The van der Waals surface area contributed by atoms with Crippen molar-refractivity contribution in [3.05, 3.63) is 39.7 Å². The number of halogens is 1. The molecule has 0 spiro atoms. The topological polar surface area (TPSA) is 12.0 Å². The van der Waals surface area contributed by atoms with E-state index in [0.29, 0.717) is 0 Å². The molecule has 0 saturated heterocycles. The number of hydrogen-bond donors (Lipinski definition) is 1. The van der Waals surface area contributed by atoms with Gasteiger partial charge in [-0.25, -0.2) is 0 Å². The summed E-state index contributed by atoms with van der Waals surface area (Å²) < 4.78 is 0.